The van der Waals surface area contributed by atoms with Gasteiger partial charge < -0.3 is 0 Å². The van der Waals surface area contributed by atoms with Crippen LogP contribution in [0.2, 0.25) is 0 Å². The molecule has 0 fully saturated rings. The SMILES string of the molecule is Fc1cc(F)c(-c2cnc3c(c2)C=NCC3)cc1F. The standard InChI is InChI=1S/C14H9F3N2/c15-11-5-13(17)12(16)4-10(11)8-3-9-6-18-2-1-14(9)19-7-8/h3-7H,1-2H2. The molecule has 1 aromatic carbocycles. The smallest absolute Gasteiger partial charge is 0.161 e. The number of pyridine rings is 1. The highest BCUT2D eigenvalue weighted by molar-refractivity contribution is 5.84. The summed E-state index contributed by atoms with van der Waals surface area (Å²) < 4.78 is 39.8. The van der Waals surface area contributed by atoms with Crippen LogP contribution < -0.4 is 0 Å². The number of halogens is 3. The molecule has 1 aliphatic heterocycles. The molecule has 0 amide bonds. The van der Waals surface area contributed by atoms with Crippen molar-refractivity contribution in [3.8, 4) is 11.1 Å². The summed E-state index contributed by atoms with van der Waals surface area (Å²) >= 11 is 0. The Balaban J connectivity index is 2.13. The van der Waals surface area contributed by atoms with E-state index in [1.807, 2.05) is 0 Å². The molecule has 0 saturated heterocycles. The highest BCUT2D eigenvalue weighted by Gasteiger charge is 2.14. The molecular weight excluding hydrogens is 253 g/mol. The van der Waals surface area contributed by atoms with Crippen LogP contribution >= 0.6 is 0 Å². The Labute approximate surface area is 107 Å². The van der Waals surface area contributed by atoms with Crippen LogP contribution in [0, 0.1) is 17.5 Å². The van der Waals surface area contributed by atoms with Crippen LogP contribution in [-0.4, -0.2) is 17.7 Å². The Hall–Kier alpha value is -2.17. The fourth-order valence-corrected chi connectivity index (χ4v) is 2.06. The second-order valence-electron chi connectivity index (χ2n) is 4.29. The van der Waals surface area contributed by atoms with Gasteiger partial charge in [-0.3, -0.25) is 9.98 Å². The Bertz CT molecular complexity index is 681. The van der Waals surface area contributed by atoms with Crippen molar-refractivity contribution in [2.75, 3.05) is 6.54 Å². The molecule has 2 heterocycles. The molecule has 1 aliphatic rings. The summed E-state index contributed by atoms with van der Waals surface area (Å²) in [6.07, 6.45) is 3.85. The maximum Gasteiger partial charge on any atom is 0.161 e. The van der Waals surface area contributed by atoms with E-state index in [4.69, 9.17) is 0 Å². The van der Waals surface area contributed by atoms with Gasteiger partial charge in [-0.05, 0) is 12.1 Å². The van der Waals surface area contributed by atoms with E-state index in [2.05, 4.69) is 9.98 Å². The summed E-state index contributed by atoms with van der Waals surface area (Å²) in [5, 5.41) is 0. The van der Waals surface area contributed by atoms with Crippen molar-refractivity contribution in [2.45, 2.75) is 6.42 Å². The summed E-state index contributed by atoms with van der Waals surface area (Å²) in [5.41, 5.74) is 2.06. The number of nitrogens with zero attached hydrogens (tertiary/aromatic N) is 2. The lowest BCUT2D eigenvalue weighted by Gasteiger charge is -2.11. The number of hydrogen-bond acceptors (Lipinski definition) is 2. The van der Waals surface area contributed by atoms with Gasteiger partial charge in [0.15, 0.2) is 11.6 Å². The fraction of sp³-hybridized carbons (Fsp3) is 0.143. The van der Waals surface area contributed by atoms with E-state index < -0.39 is 17.5 Å². The third-order valence-electron chi connectivity index (χ3n) is 3.03. The molecule has 0 bridgehead atoms. The van der Waals surface area contributed by atoms with Crippen molar-refractivity contribution in [3.63, 3.8) is 0 Å². The Morgan fingerprint density at radius 3 is 2.58 bits per heavy atom. The molecular formula is C14H9F3N2. The molecule has 1 aromatic heterocycles. The Kier molecular flexibility index (Phi) is 2.81. The topological polar surface area (TPSA) is 25.2 Å². The van der Waals surface area contributed by atoms with Gasteiger partial charge in [0.05, 0.1) is 5.69 Å². The maximum atomic E-state index is 13.7. The van der Waals surface area contributed by atoms with Gasteiger partial charge in [0.1, 0.15) is 5.82 Å². The minimum atomic E-state index is -1.20. The molecule has 2 nitrogen and oxygen atoms in total. The number of benzene rings is 1. The Morgan fingerprint density at radius 2 is 1.74 bits per heavy atom. The van der Waals surface area contributed by atoms with E-state index in [0.29, 0.717) is 18.2 Å². The first-order valence-corrected chi connectivity index (χ1v) is 5.79. The van der Waals surface area contributed by atoms with Crippen LogP contribution in [-0.2, 0) is 6.42 Å². The normalized spacial score (nSPS) is 13.4. The predicted octanol–water partition coefficient (Wildman–Crippen LogP) is 3.14. The molecule has 0 saturated carbocycles. The first-order valence-electron chi connectivity index (χ1n) is 5.79. The van der Waals surface area contributed by atoms with Crippen molar-refractivity contribution in [1.82, 2.24) is 4.98 Å². The third-order valence-corrected chi connectivity index (χ3v) is 3.03. The van der Waals surface area contributed by atoms with Gasteiger partial charge in [0.25, 0.3) is 0 Å². The highest BCUT2D eigenvalue weighted by Crippen LogP contribution is 2.26. The predicted molar refractivity (Wildman–Crippen MR) is 65.7 cm³/mol. The molecule has 5 heteroatoms. The zero-order valence-electron chi connectivity index (χ0n) is 9.83. The van der Waals surface area contributed by atoms with Gasteiger partial charge in [0, 0.05) is 48.1 Å². The van der Waals surface area contributed by atoms with Crippen LogP contribution in [0.1, 0.15) is 11.3 Å². The second kappa shape index (κ2) is 4.50. The van der Waals surface area contributed by atoms with Gasteiger partial charge in [-0.1, -0.05) is 0 Å². The highest BCUT2D eigenvalue weighted by atomic mass is 19.2. The van der Waals surface area contributed by atoms with E-state index in [0.717, 1.165) is 23.7 Å². The molecule has 0 atom stereocenters. The largest absolute Gasteiger partial charge is 0.292 e. The lowest BCUT2D eigenvalue weighted by Crippen LogP contribution is -2.06. The van der Waals surface area contributed by atoms with Gasteiger partial charge in [-0.2, -0.15) is 0 Å². The van der Waals surface area contributed by atoms with Gasteiger partial charge in [0.2, 0.25) is 0 Å². The third kappa shape index (κ3) is 2.12. The van der Waals surface area contributed by atoms with Crippen LogP contribution in [0.3, 0.4) is 0 Å². The van der Waals surface area contributed by atoms with Crippen LogP contribution in [0.15, 0.2) is 29.4 Å². The number of aromatic nitrogens is 1. The number of rotatable bonds is 1. The van der Waals surface area contributed by atoms with E-state index in [1.54, 1.807) is 12.3 Å². The van der Waals surface area contributed by atoms with Gasteiger partial charge in [-0.25, -0.2) is 13.2 Å². The zero-order chi connectivity index (χ0) is 13.4. The average molecular weight is 262 g/mol. The molecule has 2 aromatic rings. The first kappa shape index (κ1) is 11.9. The van der Waals surface area contributed by atoms with E-state index >= 15 is 0 Å². The molecule has 0 radical (unpaired) electrons. The molecule has 0 unspecified atom stereocenters. The lowest BCUT2D eigenvalue weighted by molar-refractivity contribution is 0.496. The molecule has 0 spiro atoms. The molecule has 0 N–H and O–H groups in total. The summed E-state index contributed by atoms with van der Waals surface area (Å²) in [6.45, 7) is 0.679. The average Bonchev–Trinajstić information content (AvgIpc) is 2.42. The Morgan fingerprint density at radius 1 is 0.947 bits per heavy atom. The summed E-state index contributed by atoms with van der Waals surface area (Å²) in [7, 11) is 0. The number of aliphatic imine (C=N–C) groups is 1. The molecule has 96 valence electrons. The van der Waals surface area contributed by atoms with E-state index in [9.17, 15) is 13.2 Å². The summed E-state index contributed by atoms with van der Waals surface area (Å²) in [6, 6.07) is 3.06. The van der Waals surface area contributed by atoms with Gasteiger partial charge >= 0.3 is 0 Å². The first-order chi connectivity index (χ1) is 9.15. The molecule has 3 rings (SSSR count). The van der Waals surface area contributed by atoms with Gasteiger partial charge in [-0.15, -0.1) is 0 Å². The summed E-state index contributed by atoms with van der Waals surface area (Å²) in [5.74, 6) is -3.09. The fourth-order valence-electron chi connectivity index (χ4n) is 2.06. The van der Waals surface area contributed by atoms with Crippen molar-refractivity contribution in [3.05, 3.63) is 53.1 Å². The lowest BCUT2D eigenvalue weighted by atomic mass is 10.0. The van der Waals surface area contributed by atoms with E-state index in [1.165, 1.54) is 6.20 Å². The quantitative estimate of drug-likeness (QED) is 0.725. The maximum absolute atomic E-state index is 13.7. The van der Waals surface area contributed by atoms with E-state index in [-0.39, 0.29) is 5.56 Å². The molecule has 19 heavy (non-hydrogen) atoms. The molecule has 0 aliphatic carbocycles. The second-order valence-corrected chi connectivity index (χ2v) is 4.29. The zero-order valence-corrected chi connectivity index (χ0v) is 9.83. The van der Waals surface area contributed by atoms with Crippen LogP contribution in [0.4, 0.5) is 13.2 Å². The van der Waals surface area contributed by atoms with Crippen LogP contribution in [0.5, 0.6) is 0 Å². The van der Waals surface area contributed by atoms with Crippen molar-refractivity contribution in [1.29, 1.82) is 0 Å². The minimum Gasteiger partial charge on any atom is -0.292 e. The monoisotopic (exact) mass is 262 g/mol. The van der Waals surface area contributed by atoms with Crippen molar-refractivity contribution in [2.24, 2.45) is 4.99 Å². The minimum absolute atomic E-state index is 0.00632. The number of fused-ring (bicyclic) bond motifs is 1. The number of hydrogen-bond donors (Lipinski definition) is 0. The van der Waals surface area contributed by atoms with Crippen LogP contribution in [0.25, 0.3) is 11.1 Å². The summed E-state index contributed by atoms with van der Waals surface area (Å²) in [4.78, 5) is 8.33. The van der Waals surface area contributed by atoms with Crippen molar-refractivity contribution < 1.29 is 13.2 Å². The van der Waals surface area contributed by atoms with Crippen molar-refractivity contribution >= 4 is 6.21 Å².